The van der Waals surface area contributed by atoms with Crippen LogP contribution in [0.25, 0.3) is 0 Å². The molecule has 6 nitrogen and oxygen atoms in total. The summed E-state index contributed by atoms with van der Waals surface area (Å²) in [6, 6.07) is 2.22. The molecule has 0 radical (unpaired) electrons. The van der Waals surface area contributed by atoms with E-state index in [2.05, 4.69) is 14.8 Å². The minimum Gasteiger partial charge on any atom is -0.393 e. The van der Waals surface area contributed by atoms with Gasteiger partial charge >= 0.3 is 0 Å². The summed E-state index contributed by atoms with van der Waals surface area (Å²) in [5.74, 6) is 3.21. The quantitative estimate of drug-likeness (QED) is 0.832. The van der Waals surface area contributed by atoms with E-state index in [1.54, 1.807) is 0 Å². The fourth-order valence-corrected chi connectivity index (χ4v) is 3.80. The van der Waals surface area contributed by atoms with Crippen LogP contribution in [0.3, 0.4) is 0 Å². The molecule has 3 N–H and O–H groups in total. The zero-order valence-corrected chi connectivity index (χ0v) is 15.4. The van der Waals surface area contributed by atoms with E-state index in [4.69, 9.17) is 10.7 Å². The predicted octanol–water partition coefficient (Wildman–Crippen LogP) is 1.45. The van der Waals surface area contributed by atoms with Crippen molar-refractivity contribution in [2.24, 2.45) is 17.6 Å². The molecule has 0 aromatic carbocycles. The van der Waals surface area contributed by atoms with Crippen molar-refractivity contribution in [3.8, 4) is 0 Å². The standard InChI is InChI=1S/C16H25N5O.2ClH/c17-14-10-21(9-13(14)11-1-2-11)16-18-6-3-15(19-16)20-7-4-12(22)5-8-20;;/h3,6,11-14,22H,1-2,4-5,7-10,17H2;2*1H/t13-,14+;;/m1../s1. The molecule has 3 fully saturated rings. The first kappa shape index (κ1) is 19.5. The Morgan fingerprint density at radius 2 is 1.75 bits per heavy atom. The molecular formula is C16H27Cl2N5O. The number of hydrogen-bond acceptors (Lipinski definition) is 6. The van der Waals surface area contributed by atoms with Crippen molar-refractivity contribution in [3.05, 3.63) is 12.3 Å². The largest absolute Gasteiger partial charge is 0.393 e. The van der Waals surface area contributed by atoms with Crippen molar-refractivity contribution >= 4 is 36.6 Å². The topological polar surface area (TPSA) is 78.5 Å². The fraction of sp³-hybridized carbons (Fsp3) is 0.750. The van der Waals surface area contributed by atoms with E-state index in [-0.39, 0.29) is 37.0 Å². The van der Waals surface area contributed by atoms with Crippen LogP contribution in [0, 0.1) is 11.8 Å². The number of rotatable bonds is 3. The highest BCUT2D eigenvalue weighted by Gasteiger charge is 2.41. The minimum absolute atomic E-state index is 0. The highest BCUT2D eigenvalue weighted by atomic mass is 35.5. The van der Waals surface area contributed by atoms with Gasteiger partial charge in [-0.2, -0.15) is 4.98 Å². The van der Waals surface area contributed by atoms with Crippen molar-refractivity contribution in [1.29, 1.82) is 0 Å². The van der Waals surface area contributed by atoms with Crippen molar-refractivity contribution in [1.82, 2.24) is 9.97 Å². The first-order chi connectivity index (χ1) is 10.7. The lowest BCUT2D eigenvalue weighted by molar-refractivity contribution is 0.145. The van der Waals surface area contributed by atoms with Gasteiger partial charge in [-0.05, 0) is 43.6 Å². The normalized spacial score (nSPS) is 27.6. The van der Waals surface area contributed by atoms with Gasteiger partial charge in [-0.25, -0.2) is 4.98 Å². The molecule has 1 saturated carbocycles. The first-order valence-electron chi connectivity index (χ1n) is 8.47. The molecule has 1 aromatic rings. The van der Waals surface area contributed by atoms with Crippen LogP contribution in [-0.2, 0) is 0 Å². The summed E-state index contributed by atoms with van der Waals surface area (Å²) in [5, 5.41) is 9.64. The third-order valence-corrected chi connectivity index (χ3v) is 5.34. The van der Waals surface area contributed by atoms with Crippen LogP contribution in [0.2, 0.25) is 0 Å². The van der Waals surface area contributed by atoms with Gasteiger partial charge in [0.05, 0.1) is 6.10 Å². The molecule has 136 valence electrons. The van der Waals surface area contributed by atoms with Crippen molar-refractivity contribution in [2.45, 2.75) is 37.8 Å². The molecule has 1 aliphatic carbocycles. The zero-order valence-electron chi connectivity index (χ0n) is 13.8. The van der Waals surface area contributed by atoms with E-state index in [0.29, 0.717) is 5.92 Å². The Morgan fingerprint density at radius 1 is 1.04 bits per heavy atom. The molecule has 0 amide bonds. The van der Waals surface area contributed by atoms with Crippen LogP contribution < -0.4 is 15.5 Å². The Bertz CT molecular complexity index is 537. The van der Waals surface area contributed by atoms with Gasteiger partial charge < -0.3 is 20.6 Å². The number of halogens is 2. The summed E-state index contributed by atoms with van der Waals surface area (Å²) >= 11 is 0. The smallest absolute Gasteiger partial charge is 0.227 e. The summed E-state index contributed by atoms with van der Waals surface area (Å²) in [5.41, 5.74) is 6.31. The summed E-state index contributed by atoms with van der Waals surface area (Å²) in [6.45, 7) is 3.58. The van der Waals surface area contributed by atoms with E-state index < -0.39 is 0 Å². The van der Waals surface area contributed by atoms with Crippen LogP contribution in [0.5, 0.6) is 0 Å². The summed E-state index contributed by atoms with van der Waals surface area (Å²) in [4.78, 5) is 13.7. The molecule has 4 rings (SSSR count). The van der Waals surface area contributed by atoms with Crippen LogP contribution in [-0.4, -0.2) is 53.4 Å². The number of piperidine rings is 1. The lowest BCUT2D eigenvalue weighted by atomic mass is 9.99. The van der Waals surface area contributed by atoms with E-state index >= 15 is 0 Å². The Labute approximate surface area is 155 Å². The third kappa shape index (κ3) is 4.04. The van der Waals surface area contributed by atoms with Crippen LogP contribution >= 0.6 is 24.8 Å². The zero-order chi connectivity index (χ0) is 15.1. The summed E-state index contributed by atoms with van der Waals surface area (Å²) < 4.78 is 0. The van der Waals surface area contributed by atoms with Gasteiger partial charge in [-0.3, -0.25) is 0 Å². The lowest BCUT2D eigenvalue weighted by Gasteiger charge is -2.31. The van der Waals surface area contributed by atoms with Crippen molar-refractivity contribution in [2.75, 3.05) is 36.0 Å². The van der Waals surface area contributed by atoms with Gasteiger partial charge in [-0.1, -0.05) is 0 Å². The second kappa shape index (κ2) is 8.04. The van der Waals surface area contributed by atoms with Gasteiger partial charge in [0.25, 0.3) is 0 Å². The molecule has 0 unspecified atom stereocenters. The Kier molecular flexibility index (Phi) is 6.53. The number of anilines is 2. The van der Waals surface area contributed by atoms with Gasteiger partial charge in [0.2, 0.25) is 5.95 Å². The maximum atomic E-state index is 9.64. The number of aromatic nitrogens is 2. The molecule has 2 atom stereocenters. The number of nitrogens with two attached hydrogens (primary N) is 1. The maximum absolute atomic E-state index is 9.64. The molecule has 2 aliphatic heterocycles. The molecular weight excluding hydrogens is 349 g/mol. The molecule has 3 aliphatic rings. The molecule has 3 heterocycles. The maximum Gasteiger partial charge on any atom is 0.227 e. The summed E-state index contributed by atoms with van der Waals surface area (Å²) in [6.07, 6.45) is 5.99. The molecule has 1 aromatic heterocycles. The monoisotopic (exact) mass is 375 g/mol. The molecule has 8 heteroatoms. The van der Waals surface area contributed by atoms with Crippen LogP contribution in [0.4, 0.5) is 11.8 Å². The van der Waals surface area contributed by atoms with Crippen LogP contribution in [0.15, 0.2) is 12.3 Å². The Balaban J connectivity index is 0.00000104. The average Bonchev–Trinajstić information content (AvgIpc) is 3.30. The number of aliphatic hydroxyl groups excluding tert-OH is 1. The predicted molar refractivity (Wildman–Crippen MR) is 100 cm³/mol. The molecule has 24 heavy (non-hydrogen) atoms. The number of aliphatic hydroxyl groups is 1. The second-order valence-electron chi connectivity index (χ2n) is 7.00. The molecule has 0 spiro atoms. The third-order valence-electron chi connectivity index (χ3n) is 5.34. The lowest BCUT2D eigenvalue weighted by Crippen LogP contribution is -2.36. The second-order valence-corrected chi connectivity index (χ2v) is 7.00. The Morgan fingerprint density at radius 3 is 2.42 bits per heavy atom. The van der Waals surface area contributed by atoms with Gasteiger partial charge in [0.1, 0.15) is 5.82 Å². The number of nitrogens with zero attached hydrogens (tertiary/aromatic N) is 4. The molecule has 0 bridgehead atoms. The SMILES string of the molecule is Cl.Cl.N[C@H]1CN(c2nccc(N3CCC(O)CC3)n2)C[C@@H]1C1CC1. The molecule has 2 saturated heterocycles. The summed E-state index contributed by atoms with van der Waals surface area (Å²) in [7, 11) is 0. The van der Waals surface area contributed by atoms with Gasteiger partial charge in [-0.15, -0.1) is 24.8 Å². The Hall–Kier alpha value is -0.820. The first-order valence-corrected chi connectivity index (χ1v) is 8.47. The van der Waals surface area contributed by atoms with E-state index in [1.165, 1.54) is 12.8 Å². The van der Waals surface area contributed by atoms with E-state index in [0.717, 1.165) is 56.7 Å². The van der Waals surface area contributed by atoms with Crippen molar-refractivity contribution < 1.29 is 5.11 Å². The van der Waals surface area contributed by atoms with Crippen LogP contribution in [0.1, 0.15) is 25.7 Å². The highest BCUT2D eigenvalue weighted by molar-refractivity contribution is 5.85. The number of hydrogen-bond donors (Lipinski definition) is 2. The van der Waals surface area contributed by atoms with Crippen molar-refractivity contribution in [3.63, 3.8) is 0 Å². The minimum atomic E-state index is -0.159. The van der Waals surface area contributed by atoms with E-state index in [9.17, 15) is 5.11 Å². The average molecular weight is 376 g/mol. The fourth-order valence-electron chi connectivity index (χ4n) is 3.80. The van der Waals surface area contributed by atoms with Gasteiger partial charge in [0.15, 0.2) is 0 Å². The van der Waals surface area contributed by atoms with Gasteiger partial charge in [0, 0.05) is 38.4 Å². The highest BCUT2D eigenvalue weighted by Crippen LogP contribution is 2.41. The van der Waals surface area contributed by atoms with E-state index in [1.807, 2.05) is 12.3 Å².